The molecular weight excluding hydrogens is 338 g/mol. The van der Waals surface area contributed by atoms with Gasteiger partial charge >= 0.3 is 0 Å². The molecular formula is C22H27N3O2. The lowest BCUT2D eigenvalue weighted by Gasteiger charge is -2.36. The summed E-state index contributed by atoms with van der Waals surface area (Å²) >= 11 is 0. The third-order valence-electron chi connectivity index (χ3n) is 5.17. The molecule has 0 saturated heterocycles. The maximum atomic E-state index is 12.4. The number of fused-ring (bicyclic) bond motifs is 1. The molecule has 1 heterocycles. The van der Waals surface area contributed by atoms with Gasteiger partial charge in [0.2, 0.25) is 11.8 Å². The maximum absolute atomic E-state index is 12.4. The fourth-order valence-electron chi connectivity index (χ4n) is 3.59. The van der Waals surface area contributed by atoms with Crippen molar-refractivity contribution in [1.29, 1.82) is 0 Å². The van der Waals surface area contributed by atoms with E-state index in [4.69, 9.17) is 0 Å². The molecule has 2 aromatic rings. The highest BCUT2D eigenvalue weighted by Crippen LogP contribution is 2.29. The first-order chi connectivity index (χ1) is 13.0. The van der Waals surface area contributed by atoms with Crippen molar-refractivity contribution in [2.45, 2.75) is 39.7 Å². The number of para-hydroxylation sites is 2. The molecule has 0 aromatic heterocycles. The SMILES string of the molecule is Cc1cccc(C)c1NC(=O)CNC(=O)CN1c2ccccc2CC[C@H]1C. The molecule has 2 amide bonds. The van der Waals surface area contributed by atoms with Crippen LogP contribution in [0.3, 0.4) is 0 Å². The van der Waals surface area contributed by atoms with Gasteiger partial charge < -0.3 is 15.5 Å². The molecule has 2 aromatic carbocycles. The van der Waals surface area contributed by atoms with Crippen LogP contribution in [0.25, 0.3) is 0 Å². The summed E-state index contributed by atoms with van der Waals surface area (Å²) in [5.41, 5.74) is 5.22. The number of hydrogen-bond acceptors (Lipinski definition) is 3. The van der Waals surface area contributed by atoms with Crippen molar-refractivity contribution in [3.8, 4) is 0 Å². The predicted molar refractivity (Wildman–Crippen MR) is 109 cm³/mol. The summed E-state index contributed by atoms with van der Waals surface area (Å²) in [6, 6.07) is 14.4. The Hall–Kier alpha value is -2.82. The van der Waals surface area contributed by atoms with E-state index in [0.29, 0.717) is 6.04 Å². The van der Waals surface area contributed by atoms with E-state index in [1.54, 1.807) is 0 Å². The Bertz CT molecular complexity index is 827. The van der Waals surface area contributed by atoms with E-state index >= 15 is 0 Å². The Morgan fingerprint density at radius 3 is 2.48 bits per heavy atom. The minimum Gasteiger partial charge on any atom is -0.359 e. The molecule has 3 rings (SSSR count). The predicted octanol–water partition coefficient (Wildman–Crippen LogP) is 3.20. The summed E-state index contributed by atoms with van der Waals surface area (Å²) in [4.78, 5) is 26.8. The van der Waals surface area contributed by atoms with E-state index < -0.39 is 0 Å². The van der Waals surface area contributed by atoms with Gasteiger partial charge in [-0.1, -0.05) is 36.4 Å². The Balaban J connectivity index is 1.56. The number of carbonyl (C=O) groups excluding carboxylic acids is 2. The smallest absolute Gasteiger partial charge is 0.243 e. The number of rotatable bonds is 5. The third-order valence-corrected chi connectivity index (χ3v) is 5.17. The van der Waals surface area contributed by atoms with Crippen LogP contribution in [-0.2, 0) is 16.0 Å². The molecule has 142 valence electrons. The standard InChI is InChI=1S/C22H27N3O2/c1-15-7-6-8-16(2)22(15)24-20(26)13-23-21(27)14-25-17(3)11-12-18-9-4-5-10-19(18)25/h4-10,17H,11-14H2,1-3H3,(H,23,27)(H,24,26)/t17-/m1/s1. The molecule has 0 fully saturated rings. The minimum absolute atomic E-state index is 0.0313. The van der Waals surface area contributed by atoms with Crippen LogP contribution in [0.2, 0.25) is 0 Å². The van der Waals surface area contributed by atoms with Crippen LogP contribution in [0.4, 0.5) is 11.4 Å². The number of benzene rings is 2. The topological polar surface area (TPSA) is 61.4 Å². The number of hydrogen-bond donors (Lipinski definition) is 2. The molecule has 5 heteroatoms. The molecule has 1 aliphatic rings. The van der Waals surface area contributed by atoms with Crippen molar-refractivity contribution in [3.05, 3.63) is 59.2 Å². The first-order valence-corrected chi connectivity index (χ1v) is 9.43. The van der Waals surface area contributed by atoms with Crippen LogP contribution in [0, 0.1) is 13.8 Å². The quantitative estimate of drug-likeness (QED) is 0.855. The second-order valence-corrected chi connectivity index (χ2v) is 7.24. The minimum atomic E-state index is -0.215. The molecule has 0 aliphatic carbocycles. The van der Waals surface area contributed by atoms with Gasteiger partial charge in [0.15, 0.2) is 0 Å². The van der Waals surface area contributed by atoms with Crippen LogP contribution in [0.1, 0.15) is 30.0 Å². The van der Waals surface area contributed by atoms with Gasteiger partial charge in [-0.2, -0.15) is 0 Å². The van der Waals surface area contributed by atoms with E-state index in [2.05, 4.69) is 34.6 Å². The second kappa shape index (κ2) is 8.25. The van der Waals surface area contributed by atoms with E-state index in [-0.39, 0.29) is 24.9 Å². The highest BCUT2D eigenvalue weighted by atomic mass is 16.2. The number of carbonyl (C=O) groups is 2. The summed E-state index contributed by atoms with van der Waals surface area (Å²) in [5, 5.41) is 5.64. The van der Waals surface area contributed by atoms with Crippen LogP contribution in [0.15, 0.2) is 42.5 Å². The van der Waals surface area contributed by atoms with Crippen molar-refractivity contribution in [2.24, 2.45) is 0 Å². The van der Waals surface area contributed by atoms with Gasteiger partial charge in [0.1, 0.15) is 0 Å². The Morgan fingerprint density at radius 1 is 1.04 bits per heavy atom. The third kappa shape index (κ3) is 4.48. The lowest BCUT2D eigenvalue weighted by molar-refractivity contribution is -0.123. The zero-order chi connectivity index (χ0) is 19.4. The Morgan fingerprint density at radius 2 is 1.74 bits per heavy atom. The summed E-state index contributed by atoms with van der Waals surface area (Å²) in [6.45, 7) is 6.27. The molecule has 1 atom stereocenters. The van der Waals surface area contributed by atoms with Crippen LogP contribution < -0.4 is 15.5 Å². The normalized spacial score (nSPS) is 15.8. The summed E-state index contributed by atoms with van der Waals surface area (Å²) < 4.78 is 0. The molecule has 0 unspecified atom stereocenters. The van der Waals surface area contributed by atoms with Gasteiger partial charge in [-0.3, -0.25) is 9.59 Å². The molecule has 5 nitrogen and oxygen atoms in total. The largest absolute Gasteiger partial charge is 0.359 e. The van der Waals surface area contributed by atoms with Gasteiger partial charge in [-0.25, -0.2) is 0 Å². The molecule has 2 N–H and O–H groups in total. The Labute approximate surface area is 160 Å². The molecule has 0 spiro atoms. The molecule has 0 saturated carbocycles. The maximum Gasteiger partial charge on any atom is 0.243 e. The average Bonchev–Trinajstić information content (AvgIpc) is 2.65. The van der Waals surface area contributed by atoms with Crippen LogP contribution in [-0.4, -0.2) is 30.9 Å². The summed E-state index contributed by atoms with van der Waals surface area (Å²) in [5.74, 6) is -0.358. The van der Waals surface area contributed by atoms with Gasteiger partial charge in [0.05, 0.1) is 13.1 Å². The van der Waals surface area contributed by atoms with E-state index in [9.17, 15) is 9.59 Å². The monoisotopic (exact) mass is 365 g/mol. The van der Waals surface area contributed by atoms with Gasteiger partial charge in [-0.15, -0.1) is 0 Å². The number of amides is 2. The zero-order valence-corrected chi connectivity index (χ0v) is 16.2. The fourth-order valence-corrected chi connectivity index (χ4v) is 3.59. The lowest BCUT2D eigenvalue weighted by Crippen LogP contribution is -2.45. The molecule has 27 heavy (non-hydrogen) atoms. The van der Waals surface area contributed by atoms with Crippen molar-refractivity contribution in [2.75, 3.05) is 23.3 Å². The first kappa shape index (κ1) is 19.0. The Kier molecular flexibility index (Phi) is 5.79. The van der Waals surface area contributed by atoms with Gasteiger partial charge in [0.25, 0.3) is 0 Å². The molecule has 1 aliphatic heterocycles. The molecule has 0 bridgehead atoms. The van der Waals surface area contributed by atoms with E-state index in [0.717, 1.165) is 35.3 Å². The van der Waals surface area contributed by atoms with Crippen LogP contribution >= 0.6 is 0 Å². The van der Waals surface area contributed by atoms with Gasteiger partial charge in [0, 0.05) is 17.4 Å². The van der Waals surface area contributed by atoms with Crippen LogP contribution in [0.5, 0.6) is 0 Å². The highest BCUT2D eigenvalue weighted by Gasteiger charge is 2.24. The van der Waals surface area contributed by atoms with Crippen molar-refractivity contribution < 1.29 is 9.59 Å². The van der Waals surface area contributed by atoms with E-state index in [1.807, 2.05) is 44.2 Å². The number of anilines is 2. The number of nitrogens with zero attached hydrogens (tertiary/aromatic N) is 1. The van der Waals surface area contributed by atoms with Crippen molar-refractivity contribution in [1.82, 2.24) is 5.32 Å². The molecule has 0 radical (unpaired) electrons. The average molecular weight is 365 g/mol. The number of aryl methyl sites for hydroxylation is 3. The zero-order valence-electron chi connectivity index (χ0n) is 16.2. The van der Waals surface area contributed by atoms with Crippen molar-refractivity contribution >= 4 is 23.2 Å². The van der Waals surface area contributed by atoms with E-state index in [1.165, 1.54) is 5.56 Å². The first-order valence-electron chi connectivity index (χ1n) is 9.43. The summed E-state index contributed by atoms with van der Waals surface area (Å²) in [6.07, 6.45) is 2.06. The summed E-state index contributed by atoms with van der Waals surface area (Å²) in [7, 11) is 0. The lowest BCUT2D eigenvalue weighted by atomic mass is 9.97. The van der Waals surface area contributed by atoms with Crippen molar-refractivity contribution in [3.63, 3.8) is 0 Å². The van der Waals surface area contributed by atoms with Gasteiger partial charge in [-0.05, 0) is 56.4 Å². The number of nitrogens with one attached hydrogen (secondary N) is 2. The highest BCUT2D eigenvalue weighted by molar-refractivity contribution is 5.96. The fraction of sp³-hybridized carbons (Fsp3) is 0.364. The second-order valence-electron chi connectivity index (χ2n) is 7.24.